The first-order valence-electron chi connectivity index (χ1n) is 7.55. The Hall–Kier alpha value is -1.05. The standard InChI is InChI=1S/C16H24IN3O2/c1-11-10-19(14-7-6-13(17)12(2)18-14)8-9-20(11)15(21)22-16(3,4)5/h6-7,11H,8-10H2,1-5H3/t11-/m1/s1. The van der Waals surface area contributed by atoms with E-state index >= 15 is 0 Å². The smallest absolute Gasteiger partial charge is 0.410 e. The third-order valence-corrected chi connectivity index (χ3v) is 4.73. The van der Waals surface area contributed by atoms with E-state index in [4.69, 9.17) is 4.74 Å². The van der Waals surface area contributed by atoms with Crippen LogP contribution >= 0.6 is 22.6 Å². The molecule has 1 aliphatic heterocycles. The van der Waals surface area contributed by atoms with Gasteiger partial charge in [0.2, 0.25) is 0 Å². The van der Waals surface area contributed by atoms with Gasteiger partial charge in [0, 0.05) is 29.2 Å². The van der Waals surface area contributed by atoms with Crippen LogP contribution in [0.3, 0.4) is 0 Å². The van der Waals surface area contributed by atoms with Crippen molar-refractivity contribution in [2.75, 3.05) is 24.5 Å². The minimum Gasteiger partial charge on any atom is -0.444 e. The molecule has 1 aromatic heterocycles. The molecule has 0 unspecified atom stereocenters. The first-order chi connectivity index (χ1) is 10.2. The largest absolute Gasteiger partial charge is 0.444 e. The van der Waals surface area contributed by atoms with Gasteiger partial charge >= 0.3 is 6.09 Å². The summed E-state index contributed by atoms with van der Waals surface area (Å²) in [7, 11) is 0. The molecule has 2 rings (SSSR count). The van der Waals surface area contributed by atoms with Crippen molar-refractivity contribution in [1.29, 1.82) is 0 Å². The number of ether oxygens (including phenoxy) is 1. The third kappa shape index (κ3) is 4.24. The van der Waals surface area contributed by atoms with Crippen LogP contribution in [-0.2, 0) is 4.74 Å². The van der Waals surface area contributed by atoms with Gasteiger partial charge in [-0.1, -0.05) is 0 Å². The summed E-state index contributed by atoms with van der Waals surface area (Å²) >= 11 is 2.29. The number of hydrogen-bond acceptors (Lipinski definition) is 4. The maximum Gasteiger partial charge on any atom is 0.410 e. The van der Waals surface area contributed by atoms with Crippen LogP contribution in [0.2, 0.25) is 0 Å². The molecule has 0 bridgehead atoms. The van der Waals surface area contributed by atoms with Crippen molar-refractivity contribution in [3.63, 3.8) is 0 Å². The number of nitrogens with zero attached hydrogens (tertiary/aromatic N) is 3. The zero-order valence-electron chi connectivity index (χ0n) is 13.9. The third-order valence-electron chi connectivity index (χ3n) is 3.59. The molecule has 122 valence electrons. The van der Waals surface area contributed by atoms with Crippen LogP contribution in [0, 0.1) is 10.5 Å². The van der Waals surface area contributed by atoms with Crippen LogP contribution in [0.4, 0.5) is 10.6 Å². The lowest BCUT2D eigenvalue weighted by Crippen LogP contribution is -2.55. The van der Waals surface area contributed by atoms with Crippen molar-refractivity contribution < 1.29 is 9.53 Å². The summed E-state index contributed by atoms with van der Waals surface area (Å²) in [6.07, 6.45) is -0.230. The van der Waals surface area contributed by atoms with Crippen LogP contribution < -0.4 is 4.90 Å². The minimum absolute atomic E-state index is 0.102. The lowest BCUT2D eigenvalue weighted by atomic mass is 10.2. The monoisotopic (exact) mass is 417 g/mol. The van der Waals surface area contributed by atoms with E-state index in [2.05, 4.69) is 45.5 Å². The Bertz CT molecular complexity index is 557. The van der Waals surface area contributed by atoms with Crippen molar-refractivity contribution in [1.82, 2.24) is 9.88 Å². The zero-order chi connectivity index (χ0) is 16.5. The second-order valence-corrected chi connectivity index (χ2v) is 7.87. The maximum atomic E-state index is 12.2. The quantitative estimate of drug-likeness (QED) is 0.657. The fraction of sp³-hybridized carbons (Fsp3) is 0.625. The first kappa shape index (κ1) is 17.3. The number of halogens is 1. The lowest BCUT2D eigenvalue weighted by molar-refractivity contribution is 0.0158. The van der Waals surface area contributed by atoms with E-state index in [9.17, 15) is 4.79 Å². The van der Waals surface area contributed by atoms with Crippen molar-refractivity contribution in [2.45, 2.75) is 46.3 Å². The molecule has 2 heterocycles. The molecule has 0 aromatic carbocycles. The molecule has 0 radical (unpaired) electrons. The molecular formula is C16H24IN3O2. The fourth-order valence-corrected chi connectivity index (χ4v) is 2.76. The number of aryl methyl sites for hydroxylation is 1. The average molecular weight is 417 g/mol. The summed E-state index contributed by atoms with van der Waals surface area (Å²) in [6.45, 7) is 11.9. The number of piperazine rings is 1. The van der Waals surface area contributed by atoms with Gasteiger partial charge in [0.15, 0.2) is 0 Å². The fourth-order valence-electron chi connectivity index (χ4n) is 2.46. The summed E-state index contributed by atoms with van der Waals surface area (Å²) in [5, 5.41) is 0. The van der Waals surface area contributed by atoms with Crippen LogP contribution in [0.1, 0.15) is 33.4 Å². The van der Waals surface area contributed by atoms with Crippen LogP contribution in [0.15, 0.2) is 12.1 Å². The summed E-state index contributed by atoms with van der Waals surface area (Å²) in [5.41, 5.74) is 0.586. The summed E-state index contributed by atoms with van der Waals surface area (Å²) in [5.74, 6) is 0.980. The summed E-state index contributed by atoms with van der Waals surface area (Å²) in [4.78, 5) is 20.9. The lowest BCUT2D eigenvalue weighted by Gasteiger charge is -2.40. The normalized spacial score (nSPS) is 19.3. The van der Waals surface area contributed by atoms with Gasteiger partial charge in [-0.05, 0) is 69.3 Å². The van der Waals surface area contributed by atoms with Crippen molar-refractivity contribution in [3.8, 4) is 0 Å². The number of hydrogen-bond donors (Lipinski definition) is 0. The molecular weight excluding hydrogens is 393 g/mol. The van der Waals surface area contributed by atoms with Crippen LogP contribution in [0.25, 0.3) is 0 Å². The molecule has 1 aromatic rings. The van der Waals surface area contributed by atoms with Crippen molar-refractivity contribution in [2.24, 2.45) is 0 Å². The Morgan fingerprint density at radius 2 is 2.05 bits per heavy atom. The number of carbonyl (C=O) groups is 1. The average Bonchev–Trinajstić information content (AvgIpc) is 2.39. The van der Waals surface area contributed by atoms with Gasteiger partial charge in [-0.2, -0.15) is 0 Å². The van der Waals surface area contributed by atoms with E-state index in [0.717, 1.165) is 24.6 Å². The molecule has 0 saturated carbocycles. The van der Waals surface area contributed by atoms with E-state index in [0.29, 0.717) is 6.54 Å². The summed E-state index contributed by atoms with van der Waals surface area (Å²) in [6, 6.07) is 4.23. The highest BCUT2D eigenvalue weighted by Crippen LogP contribution is 2.21. The number of anilines is 1. The predicted molar refractivity (Wildman–Crippen MR) is 96.3 cm³/mol. The van der Waals surface area contributed by atoms with E-state index in [1.807, 2.05) is 33.8 Å². The highest BCUT2D eigenvalue weighted by atomic mass is 127. The van der Waals surface area contributed by atoms with E-state index in [-0.39, 0.29) is 12.1 Å². The zero-order valence-corrected chi connectivity index (χ0v) is 16.0. The van der Waals surface area contributed by atoms with Crippen molar-refractivity contribution in [3.05, 3.63) is 21.4 Å². The van der Waals surface area contributed by atoms with Crippen LogP contribution in [0.5, 0.6) is 0 Å². The minimum atomic E-state index is -0.456. The Morgan fingerprint density at radius 1 is 1.36 bits per heavy atom. The number of amides is 1. The van der Waals surface area contributed by atoms with E-state index in [1.54, 1.807) is 4.90 Å². The Balaban J connectivity index is 2.03. The number of rotatable bonds is 1. The van der Waals surface area contributed by atoms with Gasteiger partial charge in [-0.15, -0.1) is 0 Å². The Kier molecular flexibility index (Phi) is 5.19. The highest BCUT2D eigenvalue weighted by Gasteiger charge is 2.31. The van der Waals surface area contributed by atoms with Crippen molar-refractivity contribution >= 4 is 34.5 Å². The van der Waals surface area contributed by atoms with Crippen LogP contribution in [-0.4, -0.2) is 47.3 Å². The molecule has 22 heavy (non-hydrogen) atoms. The molecule has 1 aliphatic rings. The SMILES string of the molecule is Cc1nc(N2CCN(C(=O)OC(C)(C)C)[C@H](C)C2)ccc1I. The second kappa shape index (κ2) is 6.60. The van der Waals surface area contributed by atoms with Gasteiger partial charge in [-0.3, -0.25) is 0 Å². The molecule has 1 saturated heterocycles. The Labute approximate surface area is 146 Å². The molecule has 6 heteroatoms. The highest BCUT2D eigenvalue weighted by molar-refractivity contribution is 14.1. The maximum absolute atomic E-state index is 12.2. The molecule has 5 nitrogen and oxygen atoms in total. The topological polar surface area (TPSA) is 45.7 Å². The van der Waals surface area contributed by atoms with Gasteiger partial charge in [0.25, 0.3) is 0 Å². The Morgan fingerprint density at radius 3 is 2.59 bits per heavy atom. The second-order valence-electron chi connectivity index (χ2n) is 6.71. The molecule has 0 spiro atoms. The van der Waals surface area contributed by atoms with E-state index in [1.165, 1.54) is 3.57 Å². The molecule has 1 atom stereocenters. The predicted octanol–water partition coefficient (Wildman–Crippen LogP) is 3.44. The van der Waals surface area contributed by atoms with Gasteiger partial charge in [-0.25, -0.2) is 9.78 Å². The molecule has 0 aliphatic carbocycles. The molecule has 0 N–H and O–H groups in total. The molecule has 1 fully saturated rings. The molecule has 1 amide bonds. The van der Waals surface area contributed by atoms with Gasteiger partial charge in [0.05, 0.1) is 5.69 Å². The van der Waals surface area contributed by atoms with Gasteiger partial charge in [0.1, 0.15) is 11.4 Å². The number of aromatic nitrogens is 1. The summed E-state index contributed by atoms with van der Waals surface area (Å²) < 4.78 is 6.64. The number of pyridine rings is 1. The first-order valence-corrected chi connectivity index (χ1v) is 8.63. The van der Waals surface area contributed by atoms with Gasteiger partial charge < -0.3 is 14.5 Å². The number of carbonyl (C=O) groups excluding carboxylic acids is 1. The van der Waals surface area contributed by atoms with E-state index < -0.39 is 5.60 Å².